The van der Waals surface area contributed by atoms with E-state index in [4.69, 9.17) is 4.98 Å². The summed E-state index contributed by atoms with van der Waals surface area (Å²) in [5.41, 5.74) is 5.87. The fourth-order valence-corrected chi connectivity index (χ4v) is 4.57. The molecule has 34 heavy (non-hydrogen) atoms. The number of carbonyl (C=O) groups is 1. The molecule has 3 N–H and O–H groups in total. The van der Waals surface area contributed by atoms with E-state index in [2.05, 4.69) is 63.6 Å². The highest BCUT2D eigenvalue weighted by Gasteiger charge is 2.22. The number of hydrogen-bond acceptors (Lipinski definition) is 5. The molecule has 2 aromatic carbocycles. The van der Waals surface area contributed by atoms with Crippen molar-refractivity contribution in [2.75, 3.05) is 23.3 Å². The third-order valence-electron chi connectivity index (χ3n) is 6.46. The van der Waals surface area contributed by atoms with E-state index in [1.54, 1.807) is 24.5 Å². The standard InChI is InChI=1S/C27H30N6O/c1-18-6-7-24-25(16-18)32-26(31-24)19(2)29-21-10-14-33(15-11-21)23-5-3-4-22(17-23)30-27(34)20-8-12-28-13-9-20/h3-9,12-13,16-17,19,21,29H,10-11,14-15H2,1-2H3,(H,30,34)(H,31,32)/t19-/m0/s1. The number of nitrogens with zero attached hydrogens (tertiary/aromatic N) is 3. The second kappa shape index (κ2) is 9.65. The van der Waals surface area contributed by atoms with Crippen LogP contribution in [0.2, 0.25) is 0 Å². The van der Waals surface area contributed by atoms with Gasteiger partial charge in [-0.25, -0.2) is 4.98 Å². The zero-order valence-electron chi connectivity index (χ0n) is 19.6. The molecular formula is C27H30N6O. The topological polar surface area (TPSA) is 85.9 Å². The monoisotopic (exact) mass is 454 g/mol. The summed E-state index contributed by atoms with van der Waals surface area (Å²) in [6.07, 6.45) is 5.35. The van der Waals surface area contributed by atoms with E-state index in [0.29, 0.717) is 11.6 Å². The van der Waals surface area contributed by atoms with E-state index in [-0.39, 0.29) is 11.9 Å². The molecule has 1 saturated heterocycles. The summed E-state index contributed by atoms with van der Waals surface area (Å²) in [6.45, 7) is 6.20. The quantitative estimate of drug-likeness (QED) is 0.388. The van der Waals surface area contributed by atoms with Crippen LogP contribution in [0.4, 0.5) is 11.4 Å². The molecule has 3 heterocycles. The molecule has 7 nitrogen and oxygen atoms in total. The van der Waals surface area contributed by atoms with Gasteiger partial charge in [0.1, 0.15) is 5.82 Å². The van der Waals surface area contributed by atoms with Crippen molar-refractivity contribution in [3.63, 3.8) is 0 Å². The van der Waals surface area contributed by atoms with Crippen LogP contribution in [-0.4, -0.2) is 40.0 Å². The Hall–Kier alpha value is -3.71. The molecule has 174 valence electrons. The Kier molecular flexibility index (Phi) is 6.27. The highest BCUT2D eigenvalue weighted by Crippen LogP contribution is 2.25. The number of fused-ring (bicyclic) bond motifs is 1. The van der Waals surface area contributed by atoms with Crippen molar-refractivity contribution < 1.29 is 4.79 Å². The third-order valence-corrected chi connectivity index (χ3v) is 6.46. The van der Waals surface area contributed by atoms with Crippen LogP contribution in [0, 0.1) is 6.92 Å². The van der Waals surface area contributed by atoms with E-state index < -0.39 is 0 Å². The molecule has 0 radical (unpaired) electrons. The van der Waals surface area contributed by atoms with Crippen LogP contribution in [-0.2, 0) is 0 Å². The lowest BCUT2D eigenvalue weighted by atomic mass is 10.0. The minimum atomic E-state index is -0.128. The van der Waals surface area contributed by atoms with Crippen molar-refractivity contribution in [2.24, 2.45) is 0 Å². The Morgan fingerprint density at radius 3 is 2.68 bits per heavy atom. The molecule has 1 aliphatic heterocycles. The Labute approximate surface area is 199 Å². The van der Waals surface area contributed by atoms with Gasteiger partial charge in [-0.2, -0.15) is 0 Å². The van der Waals surface area contributed by atoms with Gasteiger partial charge in [0.2, 0.25) is 0 Å². The van der Waals surface area contributed by atoms with Gasteiger partial charge in [0.05, 0.1) is 17.1 Å². The van der Waals surface area contributed by atoms with Crippen molar-refractivity contribution in [3.8, 4) is 0 Å². The van der Waals surface area contributed by atoms with Gasteiger partial charge in [-0.1, -0.05) is 12.1 Å². The van der Waals surface area contributed by atoms with Crippen LogP contribution >= 0.6 is 0 Å². The largest absolute Gasteiger partial charge is 0.371 e. The molecule has 0 aliphatic carbocycles. The molecule has 0 unspecified atom stereocenters. The van der Waals surface area contributed by atoms with Gasteiger partial charge in [-0.15, -0.1) is 0 Å². The van der Waals surface area contributed by atoms with Crippen molar-refractivity contribution in [3.05, 3.63) is 83.9 Å². The minimum Gasteiger partial charge on any atom is -0.371 e. The maximum absolute atomic E-state index is 12.5. The summed E-state index contributed by atoms with van der Waals surface area (Å²) in [7, 11) is 0. The van der Waals surface area contributed by atoms with Crippen molar-refractivity contribution in [1.82, 2.24) is 20.3 Å². The number of pyridine rings is 1. The van der Waals surface area contributed by atoms with Crippen LogP contribution in [0.3, 0.4) is 0 Å². The number of rotatable bonds is 6. The number of carbonyl (C=O) groups excluding carboxylic acids is 1. The third kappa shape index (κ3) is 4.94. The molecular weight excluding hydrogens is 424 g/mol. The van der Waals surface area contributed by atoms with E-state index >= 15 is 0 Å². The molecule has 0 saturated carbocycles. The number of aryl methyl sites for hydroxylation is 1. The molecule has 1 amide bonds. The van der Waals surface area contributed by atoms with Crippen molar-refractivity contribution in [1.29, 1.82) is 0 Å². The van der Waals surface area contributed by atoms with Crippen LogP contribution in [0.25, 0.3) is 11.0 Å². The zero-order chi connectivity index (χ0) is 23.5. The maximum atomic E-state index is 12.5. The van der Waals surface area contributed by atoms with E-state index in [9.17, 15) is 4.79 Å². The van der Waals surface area contributed by atoms with Gasteiger partial charge in [-0.3, -0.25) is 9.78 Å². The summed E-state index contributed by atoms with van der Waals surface area (Å²) in [4.78, 5) is 27.1. The zero-order valence-corrected chi connectivity index (χ0v) is 19.6. The second-order valence-electron chi connectivity index (χ2n) is 9.03. The molecule has 7 heteroatoms. The normalized spacial score (nSPS) is 15.4. The van der Waals surface area contributed by atoms with Gasteiger partial charge in [0.25, 0.3) is 5.91 Å². The second-order valence-corrected chi connectivity index (χ2v) is 9.03. The van der Waals surface area contributed by atoms with Gasteiger partial charge >= 0.3 is 0 Å². The Bertz CT molecular complexity index is 1280. The van der Waals surface area contributed by atoms with Gasteiger partial charge < -0.3 is 20.5 Å². The smallest absolute Gasteiger partial charge is 0.255 e. The van der Waals surface area contributed by atoms with Crippen molar-refractivity contribution in [2.45, 2.75) is 38.8 Å². The molecule has 4 aromatic rings. The fraction of sp³-hybridized carbons (Fsp3) is 0.296. The van der Waals surface area contributed by atoms with E-state index in [0.717, 1.165) is 54.2 Å². The maximum Gasteiger partial charge on any atom is 0.255 e. The van der Waals surface area contributed by atoms with E-state index in [1.807, 2.05) is 18.2 Å². The molecule has 1 aliphatic rings. The number of piperidine rings is 1. The lowest BCUT2D eigenvalue weighted by Crippen LogP contribution is -2.43. The minimum absolute atomic E-state index is 0.128. The first kappa shape index (κ1) is 22.1. The number of H-pyrrole nitrogens is 1. The van der Waals surface area contributed by atoms with Gasteiger partial charge in [-0.05, 0) is 74.7 Å². The molecule has 0 bridgehead atoms. The highest BCUT2D eigenvalue weighted by molar-refractivity contribution is 6.04. The number of hydrogen-bond donors (Lipinski definition) is 3. The predicted octanol–water partition coefficient (Wildman–Crippen LogP) is 4.84. The lowest BCUT2D eigenvalue weighted by molar-refractivity contribution is 0.102. The summed E-state index contributed by atoms with van der Waals surface area (Å²) >= 11 is 0. The number of benzene rings is 2. The van der Waals surface area contributed by atoms with Crippen LogP contribution in [0.1, 0.15) is 47.6 Å². The summed E-state index contributed by atoms with van der Waals surface area (Å²) in [5.74, 6) is 0.859. The Balaban J connectivity index is 1.17. The first-order chi connectivity index (χ1) is 16.5. The SMILES string of the molecule is Cc1ccc2nc([C@H](C)NC3CCN(c4cccc(NC(=O)c5ccncc5)c4)CC3)[nH]c2c1. The number of amides is 1. The molecule has 2 aromatic heterocycles. The number of imidazole rings is 1. The lowest BCUT2D eigenvalue weighted by Gasteiger charge is -2.35. The molecule has 1 fully saturated rings. The van der Waals surface area contributed by atoms with Crippen molar-refractivity contribution >= 4 is 28.3 Å². The van der Waals surface area contributed by atoms with E-state index in [1.165, 1.54) is 5.56 Å². The average molecular weight is 455 g/mol. The average Bonchev–Trinajstić information content (AvgIpc) is 3.29. The Morgan fingerprint density at radius 2 is 1.88 bits per heavy atom. The molecule has 0 spiro atoms. The molecule has 5 rings (SSSR count). The van der Waals surface area contributed by atoms with Gasteiger partial charge in [0.15, 0.2) is 0 Å². The van der Waals surface area contributed by atoms with Crippen LogP contribution in [0.5, 0.6) is 0 Å². The number of aromatic amines is 1. The number of anilines is 2. The number of aromatic nitrogens is 3. The first-order valence-electron chi connectivity index (χ1n) is 11.8. The summed E-state index contributed by atoms with van der Waals surface area (Å²) < 4.78 is 0. The van der Waals surface area contributed by atoms with Crippen LogP contribution in [0.15, 0.2) is 67.0 Å². The number of nitrogens with one attached hydrogen (secondary N) is 3. The van der Waals surface area contributed by atoms with Crippen LogP contribution < -0.4 is 15.5 Å². The summed E-state index contributed by atoms with van der Waals surface area (Å²) in [5, 5.41) is 6.74. The Morgan fingerprint density at radius 1 is 1.09 bits per heavy atom. The predicted molar refractivity (Wildman–Crippen MR) is 136 cm³/mol. The summed E-state index contributed by atoms with van der Waals surface area (Å²) in [6, 6.07) is 18.4. The van der Waals surface area contributed by atoms with Gasteiger partial charge in [0, 0.05) is 48.5 Å². The highest BCUT2D eigenvalue weighted by atomic mass is 16.1. The first-order valence-corrected chi connectivity index (χ1v) is 11.8. The fourth-order valence-electron chi connectivity index (χ4n) is 4.57. The molecule has 1 atom stereocenters.